The Morgan fingerprint density at radius 2 is 2.00 bits per heavy atom. The first kappa shape index (κ1) is 15.5. The Balaban J connectivity index is 3.24. The van der Waals surface area contributed by atoms with Crippen LogP contribution in [0.2, 0.25) is 0 Å². The largest absolute Gasteiger partial charge is 0.372 e. The molecular formula is C8H13NO7P2. The van der Waals surface area contributed by atoms with Gasteiger partial charge in [0.05, 0.1) is 0 Å². The van der Waals surface area contributed by atoms with Crippen molar-refractivity contribution >= 4 is 15.2 Å². The first-order valence-corrected chi connectivity index (χ1v) is 7.88. The van der Waals surface area contributed by atoms with Crippen LogP contribution in [0.25, 0.3) is 0 Å². The second kappa shape index (κ2) is 5.19. The van der Waals surface area contributed by atoms with Crippen molar-refractivity contribution in [1.29, 1.82) is 0 Å². The van der Waals surface area contributed by atoms with E-state index in [2.05, 4.69) is 9.51 Å². The summed E-state index contributed by atoms with van der Waals surface area (Å²) in [6.07, 6.45) is 1.87. The predicted molar refractivity (Wildman–Crippen MR) is 61.8 cm³/mol. The number of rotatable bonds is 5. The number of pyridine rings is 1. The third-order valence-corrected chi connectivity index (χ3v) is 6.52. The van der Waals surface area contributed by atoms with Crippen LogP contribution in [0.4, 0.5) is 0 Å². The minimum atomic E-state index is -5.30. The Morgan fingerprint density at radius 1 is 1.39 bits per heavy atom. The van der Waals surface area contributed by atoms with Gasteiger partial charge in [-0.05, 0) is 11.6 Å². The van der Waals surface area contributed by atoms with Gasteiger partial charge in [-0.1, -0.05) is 6.07 Å². The molecule has 0 aromatic carbocycles. The summed E-state index contributed by atoms with van der Waals surface area (Å²) >= 11 is 0. The summed E-state index contributed by atoms with van der Waals surface area (Å²) in [4.78, 5) is 31.3. The summed E-state index contributed by atoms with van der Waals surface area (Å²) < 4.78 is 27.1. The van der Waals surface area contributed by atoms with Gasteiger partial charge in [0.15, 0.2) is 0 Å². The normalized spacial score (nSPS) is 18.9. The lowest BCUT2D eigenvalue weighted by atomic mass is 10.2. The minimum absolute atomic E-state index is 0.189. The monoisotopic (exact) mass is 297 g/mol. The summed E-state index contributed by atoms with van der Waals surface area (Å²) in [5, 5.41) is 6.70. The summed E-state index contributed by atoms with van der Waals surface area (Å²) in [6, 6.07) is 2.87. The fraction of sp³-hybridized carbons (Fsp3) is 0.375. The highest BCUT2D eigenvalue weighted by Crippen LogP contribution is 2.70. The lowest BCUT2D eigenvalue weighted by Crippen LogP contribution is -2.32. The fourth-order valence-electron chi connectivity index (χ4n) is 1.29. The molecule has 0 fully saturated rings. The standard InChI is InChI=1S/C8H13NO7P2/c1-16-18(14,15)8(10,17(11,12)13)5-7-3-2-4-9-6-7/h2-4,6,10H,5H2,1H3,(H,14,15)(H2,11,12,13). The van der Waals surface area contributed by atoms with Gasteiger partial charge in [0.25, 0.3) is 5.08 Å². The third-order valence-electron chi connectivity index (χ3n) is 2.33. The summed E-state index contributed by atoms with van der Waals surface area (Å²) in [6.45, 7) is 0. The van der Waals surface area contributed by atoms with Gasteiger partial charge in [-0.25, -0.2) is 0 Å². The van der Waals surface area contributed by atoms with Gasteiger partial charge in [-0.15, -0.1) is 0 Å². The average molecular weight is 297 g/mol. The first-order chi connectivity index (χ1) is 8.14. The lowest BCUT2D eigenvalue weighted by molar-refractivity contribution is 0.123. The second-order valence-corrected chi connectivity index (χ2v) is 7.89. The Kier molecular flexibility index (Phi) is 4.46. The van der Waals surface area contributed by atoms with Gasteiger partial charge < -0.3 is 24.3 Å². The number of nitrogens with zero attached hydrogens (tertiary/aromatic N) is 1. The smallest absolute Gasteiger partial charge is 0.367 e. The Hall–Kier alpha value is -0.590. The molecule has 2 unspecified atom stereocenters. The van der Waals surface area contributed by atoms with Crippen LogP contribution < -0.4 is 0 Å². The quantitative estimate of drug-likeness (QED) is 0.569. The molecule has 4 N–H and O–H groups in total. The maximum Gasteiger partial charge on any atom is 0.372 e. The summed E-state index contributed by atoms with van der Waals surface area (Å²) in [5.41, 5.74) is 0.189. The van der Waals surface area contributed by atoms with E-state index < -0.39 is 26.7 Å². The van der Waals surface area contributed by atoms with Gasteiger partial charge >= 0.3 is 15.2 Å². The topological polar surface area (TPSA) is 137 Å². The molecule has 10 heteroatoms. The zero-order valence-electron chi connectivity index (χ0n) is 9.37. The molecule has 0 amide bonds. The third kappa shape index (κ3) is 2.87. The van der Waals surface area contributed by atoms with Crippen molar-refractivity contribution in [2.75, 3.05) is 7.11 Å². The van der Waals surface area contributed by atoms with Gasteiger partial charge in [0.2, 0.25) is 0 Å². The molecule has 0 saturated carbocycles. The fourth-order valence-corrected chi connectivity index (χ4v) is 3.92. The van der Waals surface area contributed by atoms with Gasteiger partial charge in [-0.2, -0.15) is 0 Å². The SMILES string of the molecule is COP(=O)(O)C(O)(Cc1cccnc1)P(=O)(O)O. The minimum Gasteiger partial charge on any atom is -0.367 e. The number of aliphatic hydroxyl groups is 1. The van der Waals surface area contributed by atoms with Crippen LogP contribution in [0.15, 0.2) is 24.5 Å². The van der Waals surface area contributed by atoms with Gasteiger partial charge in [0, 0.05) is 25.9 Å². The van der Waals surface area contributed by atoms with E-state index in [1.54, 1.807) is 0 Å². The van der Waals surface area contributed by atoms with Crippen molar-refractivity contribution in [2.24, 2.45) is 0 Å². The Bertz CT molecular complexity index is 501. The van der Waals surface area contributed by atoms with Crippen molar-refractivity contribution in [3.63, 3.8) is 0 Å². The van der Waals surface area contributed by atoms with Gasteiger partial charge in [-0.3, -0.25) is 14.1 Å². The van der Waals surface area contributed by atoms with Crippen molar-refractivity contribution in [3.05, 3.63) is 30.1 Å². The Labute approximate surface area is 103 Å². The van der Waals surface area contributed by atoms with Crippen LogP contribution in [-0.4, -0.2) is 37.0 Å². The zero-order valence-corrected chi connectivity index (χ0v) is 11.2. The number of hydrogen-bond acceptors (Lipinski definition) is 5. The highest BCUT2D eigenvalue weighted by Gasteiger charge is 2.60. The average Bonchev–Trinajstić information content (AvgIpc) is 2.28. The molecule has 0 radical (unpaired) electrons. The Morgan fingerprint density at radius 3 is 2.39 bits per heavy atom. The molecule has 1 heterocycles. The van der Waals surface area contributed by atoms with Crippen LogP contribution in [0.1, 0.15) is 5.56 Å². The molecule has 1 aromatic heterocycles. The van der Waals surface area contributed by atoms with Crippen LogP contribution in [-0.2, 0) is 20.1 Å². The molecule has 0 spiro atoms. The predicted octanol–water partition coefficient (Wildman–Crippen LogP) is 0.280. The van der Waals surface area contributed by atoms with Crippen molar-refractivity contribution in [3.8, 4) is 0 Å². The molecule has 8 nitrogen and oxygen atoms in total. The number of hydrogen-bond donors (Lipinski definition) is 4. The van der Waals surface area contributed by atoms with Crippen LogP contribution in [0, 0.1) is 0 Å². The van der Waals surface area contributed by atoms with E-state index in [4.69, 9.17) is 9.79 Å². The maximum atomic E-state index is 11.6. The van der Waals surface area contributed by atoms with Gasteiger partial charge in [0.1, 0.15) is 0 Å². The second-order valence-electron chi connectivity index (χ2n) is 3.56. The molecule has 2 atom stereocenters. The van der Waals surface area contributed by atoms with E-state index in [-0.39, 0.29) is 5.56 Å². The van der Waals surface area contributed by atoms with Crippen LogP contribution in [0.5, 0.6) is 0 Å². The molecule has 0 aliphatic heterocycles. The molecule has 0 aliphatic rings. The molecule has 18 heavy (non-hydrogen) atoms. The molecule has 1 rings (SSSR count). The maximum absolute atomic E-state index is 11.6. The van der Waals surface area contributed by atoms with Crippen LogP contribution in [0.3, 0.4) is 0 Å². The van der Waals surface area contributed by atoms with Crippen molar-refractivity contribution in [2.45, 2.75) is 11.5 Å². The molecule has 0 aliphatic carbocycles. The van der Waals surface area contributed by atoms with Crippen molar-refractivity contribution < 1.29 is 33.4 Å². The van der Waals surface area contributed by atoms with E-state index in [9.17, 15) is 19.1 Å². The lowest BCUT2D eigenvalue weighted by Gasteiger charge is -2.31. The number of aromatic nitrogens is 1. The molecular weight excluding hydrogens is 284 g/mol. The summed E-state index contributed by atoms with van der Waals surface area (Å²) in [7, 11) is -9.44. The molecule has 0 bridgehead atoms. The highest BCUT2D eigenvalue weighted by molar-refractivity contribution is 7.72. The molecule has 102 valence electrons. The first-order valence-electron chi connectivity index (χ1n) is 4.69. The van der Waals surface area contributed by atoms with E-state index in [1.165, 1.54) is 24.5 Å². The van der Waals surface area contributed by atoms with Crippen LogP contribution >= 0.6 is 15.2 Å². The van der Waals surface area contributed by atoms with Crippen molar-refractivity contribution in [1.82, 2.24) is 4.98 Å². The zero-order chi connectivity index (χ0) is 14.0. The van der Waals surface area contributed by atoms with E-state index in [0.29, 0.717) is 0 Å². The molecule has 1 aromatic rings. The molecule has 0 saturated heterocycles. The van der Waals surface area contributed by atoms with E-state index in [0.717, 1.165) is 7.11 Å². The van der Waals surface area contributed by atoms with E-state index in [1.807, 2.05) is 0 Å². The van der Waals surface area contributed by atoms with E-state index >= 15 is 0 Å². The summed E-state index contributed by atoms with van der Waals surface area (Å²) in [5.74, 6) is 0. The highest BCUT2D eigenvalue weighted by atomic mass is 31.2.